The maximum Gasteiger partial charge on any atom is 0.322 e. The number of aliphatic hydroxyl groups excluding tert-OH is 1. The number of nitrogens with zero attached hydrogens (tertiary/aromatic N) is 1. The van der Waals surface area contributed by atoms with Crippen LogP contribution in [0.25, 0.3) is 32.7 Å². The smallest absolute Gasteiger partial charge is 0.322 e. The number of aromatic hydroxyl groups is 6. The highest BCUT2D eigenvalue weighted by atomic mass is 16.4. The van der Waals surface area contributed by atoms with Crippen molar-refractivity contribution in [1.82, 2.24) is 5.32 Å². The molecule has 1 amide bonds. The van der Waals surface area contributed by atoms with Crippen molar-refractivity contribution in [3.8, 4) is 45.6 Å². The fourth-order valence-corrected chi connectivity index (χ4v) is 6.26. The number of nitrogens with one attached hydrogen (secondary N) is 1. The Bertz CT molecular complexity index is 1980. The third-order valence-corrected chi connectivity index (χ3v) is 8.43. The number of aliphatic imine (C=N–C) groups is 1. The number of hydrogen-bond acceptors (Lipinski definition) is 10. The SMILES string of the molecule is Cc1cc2c(C(C)C)c(O)c(O)c(C=NC(C)C(=O)NCC(=O)O)c2c(O)c1-c1c(C)cc2c(C(C)C)c(O)c(O)c(CO)c2c1O. The largest absolute Gasteiger partial charge is 0.507 e. The fraction of sp³-hybridized carbons (Fsp3) is 0.343. The van der Waals surface area contributed by atoms with Gasteiger partial charge in [-0.15, -0.1) is 0 Å². The van der Waals surface area contributed by atoms with E-state index in [0.717, 1.165) is 6.21 Å². The third-order valence-electron chi connectivity index (χ3n) is 8.43. The van der Waals surface area contributed by atoms with Crippen molar-refractivity contribution in [1.29, 1.82) is 0 Å². The van der Waals surface area contributed by atoms with Crippen LogP contribution >= 0.6 is 0 Å². The Labute approximate surface area is 270 Å². The summed E-state index contributed by atoms with van der Waals surface area (Å²) < 4.78 is 0. The molecule has 0 bridgehead atoms. The Balaban J connectivity index is 2.13. The predicted molar refractivity (Wildman–Crippen MR) is 178 cm³/mol. The van der Waals surface area contributed by atoms with E-state index in [0.29, 0.717) is 33.0 Å². The minimum Gasteiger partial charge on any atom is -0.507 e. The van der Waals surface area contributed by atoms with Crippen LogP contribution in [0, 0.1) is 13.8 Å². The lowest BCUT2D eigenvalue weighted by Gasteiger charge is -2.24. The molecule has 1 atom stereocenters. The number of aliphatic hydroxyl groups is 1. The lowest BCUT2D eigenvalue weighted by molar-refractivity contribution is -0.138. The van der Waals surface area contributed by atoms with Gasteiger partial charge in [0.25, 0.3) is 0 Å². The molecule has 47 heavy (non-hydrogen) atoms. The second-order valence-corrected chi connectivity index (χ2v) is 12.3. The number of carboxylic acids is 1. The Hall–Kier alpha value is -5.23. The van der Waals surface area contributed by atoms with Crippen LogP contribution in [0.1, 0.15) is 79.8 Å². The number of rotatable bonds is 9. The van der Waals surface area contributed by atoms with Crippen molar-refractivity contribution in [2.45, 2.75) is 73.0 Å². The number of carboxylic acid groups (broad SMARTS) is 1. The Morgan fingerprint density at radius 3 is 1.68 bits per heavy atom. The second kappa shape index (κ2) is 12.9. The molecule has 0 aliphatic heterocycles. The molecule has 0 heterocycles. The minimum atomic E-state index is -1.24. The van der Waals surface area contributed by atoms with Gasteiger partial charge in [0.15, 0.2) is 23.0 Å². The number of carbonyl (C=O) groups is 2. The van der Waals surface area contributed by atoms with Gasteiger partial charge in [0.1, 0.15) is 24.1 Å². The van der Waals surface area contributed by atoms with Gasteiger partial charge in [0, 0.05) is 50.4 Å². The first-order valence-corrected chi connectivity index (χ1v) is 15.1. The first kappa shape index (κ1) is 34.6. The van der Waals surface area contributed by atoms with E-state index >= 15 is 0 Å². The van der Waals surface area contributed by atoms with Gasteiger partial charge in [0.05, 0.1) is 6.61 Å². The summed E-state index contributed by atoms with van der Waals surface area (Å²) in [6, 6.07) is 2.27. The molecule has 1 unspecified atom stereocenters. The van der Waals surface area contributed by atoms with Gasteiger partial charge < -0.3 is 46.2 Å². The highest BCUT2D eigenvalue weighted by Crippen LogP contribution is 2.54. The van der Waals surface area contributed by atoms with E-state index in [2.05, 4.69) is 10.3 Å². The van der Waals surface area contributed by atoms with Gasteiger partial charge in [-0.1, -0.05) is 39.8 Å². The molecule has 0 aliphatic rings. The van der Waals surface area contributed by atoms with Gasteiger partial charge in [-0.05, 0) is 54.5 Å². The van der Waals surface area contributed by atoms with Gasteiger partial charge in [-0.25, -0.2) is 0 Å². The lowest BCUT2D eigenvalue weighted by atomic mass is 9.83. The normalized spacial score (nSPS) is 12.6. The summed E-state index contributed by atoms with van der Waals surface area (Å²) in [6.45, 7) is 10.6. The van der Waals surface area contributed by atoms with E-state index in [9.17, 15) is 45.3 Å². The van der Waals surface area contributed by atoms with Gasteiger partial charge in [-0.2, -0.15) is 0 Å². The van der Waals surface area contributed by atoms with E-state index < -0.39 is 59.8 Å². The van der Waals surface area contributed by atoms with Crippen LogP contribution in [0.5, 0.6) is 34.5 Å². The van der Waals surface area contributed by atoms with Crippen molar-refractivity contribution in [2.24, 2.45) is 4.99 Å². The summed E-state index contributed by atoms with van der Waals surface area (Å²) in [5.41, 5.74) is 1.72. The molecule has 0 fully saturated rings. The average molecular weight is 649 g/mol. The highest BCUT2D eigenvalue weighted by Gasteiger charge is 2.29. The number of aryl methyl sites for hydroxylation is 2. The van der Waals surface area contributed by atoms with Crippen LogP contribution < -0.4 is 5.32 Å². The summed E-state index contributed by atoms with van der Waals surface area (Å²) in [4.78, 5) is 27.4. The molecule has 12 nitrogen and oxygen atoms in total. The lowest BCUT2D eigenvalue weighted by Crippen LogP contribution is -2.35. The monoisotopic (exact) mass is 648 g/mol. The number of fused-ring (bicyclic) bond motifs is 2. The first-order valence-electron chi connectivity index (χ1n) is 15.1. The van der Waals surface area contributed by atoms with E-state index in [1.165, 1.54) is 6.92 Å². The Morgan fingerprint density at radius 2 is 1.21 bits per heavy atom. The zero-order valence-electron chi connectivity index (χ0n) is 27.2. The molecule has 0 saturated heterocycles. The van der Waals surface area contributed by atoms with E-state index in [1.54, 1.807) is 53.7 Å². The van der Waals surface area contributed by atoms with E-state index in [4.69, 9.17) is 5.11 Å². The van der Waals surface area contributed by atoms with Crippen molar-refractivity contribution in [2.75, 3.05) is 6.54 Å². The zero-order chi connectivity index (χ0) is 35.2. The molecule has 0 spiro atoms. The van der Waals surface area contributed by atoms with Crippen molar-refractivity contribution >= 4 is 39.6 Å². The number of aliphatic carboxylic acids is 1. The summed E-state index contributed by atoms with van der Waals surface area (Å²) in [5, 5.41) is 90.0. The number of phenolic OH excluding ortho intramolecular Hbond substituents is 5. The molecular weight excluding hydrogens is 608 g/mol. The standard InChI is InChI=1S/C35H40N2O10/c1-13(2)23-18-8-15(5)25(26-16(6)9-19-24(14(3)4)34(46)30(42)21(12-38)28(19)32(26)44)31(43)27(18)20(29(41)33(23)45)10-36-17(7)35(47)37-11-22(39)40/h8-10,13-14,17,38,41-46H,11-12H2,1-7H3,(H,37,47)(H,39,40). The number of benzene rings is 4. The van der Waals surface area contributed by atoms with Crippen LogP contribution in [0.3, 0.4) is 0 Å². The van der Waals surface area contributed by atoms with Crippen LogP contribution in [-0.4, -0.2) is 71.5 Å². The van der Waals surface area contributed by atoms with Crippen LogP contribution in [0.2, 0.25) is 0 Å². The summed E-state index contributed by atoms with van der Waals surface area (Å²) in [6.07, 6.45) is 1.11. The third kappa shape index (κ3) is 5.80. The minimum absolute atomic E-state index is 0.0594. The van der Waals surface area contributed by atoms with Crippen LogP contribution in [0.15, 0.2) is 17.1 Å². The van der Waals surface area contributed by atoms with E-state index in [-0.39, 0.29) is 50.6 Å². The Kier molecular flexibility index (Phi) is 9.49. The molecule has 12 heteroatoms. The number of hydrogen-bond donors (Lipinski definition) is 9. The zero-order valence-corrected chi connectivity index (χ0v) is 27.2. The molecule has 0 aromatic heterocycles. The van der Waals surface area contributed by atoms with Crippen molar-refractivity contribution < 1.29 is 50.4 Å². The average Bonchev–Trinajstić information content (AvgIpc) is 2.98. The Morgan fingerprint density at radius 1 is 0.745 bits per heavy atom. The van der Waals surface area contributed by atoms with E-state index in [1.807, 2.05) is 0 Å². The fourth-order valence-electron chi connectivity index (χ4n) is 6.26. The van der Waals surface area contributed by atoms with Gasteiger partial charge in [-0.3, -0.25) is 14.6 Å². The molecule has 4 aromatic carbocycles. The number of carbonyl (C=O) groups excluding carboxylic acids is 1. The molecule has 9 N–H and O–H groups in total. The molecule has 4 rings (SSSR count). The highest BCUT2D eigenvalue weighted by molar-refractivity contribution is 6.13. The molecular formula is C35H40N2O10. The first-order chi connectivity index (χ1) is 22.0. The van der Waals surface area contributed by atoms with Crippen LogP contribution in [0.4, 0.5) is 0 Å². The van der Waals surface area contributed by atoms with Crippen molar-refractivity contribution in [3.05, 3.63) is 45.5 Å². The van der Waals surface area contributed by atoms with Crippen LogP contribution in [-0.2, 0) is 16.2 Å². The summed E-state index contributed by atoms with van der Waals surface area (Å²) in [5.74, 6) is -5.36. The second-order valence-electron chi connectivity index (χ2n) is 12.3. The van der Waals surface area contributed by atoms with Gasteiger partial charge >= 0.3 is 5.97 Å². The number of amides is 1. The van der Waals surface area contributed by atoms with Crippen molar-refractivity contribution in [3.63, 3.8) is 0 Å². The molecule has 0 aliphatic carbocycles. The quantitative estimate of drug-likeness (QED) is 0.0846. The van der Waals surface area contributed by atoms with Gasteiger partial charge in [0.2, 0.25) is 5.91 Å². The predicted octanol–water partition coefficient (Wildman–Crippen LogP) is 5.26. The topological polar surface area (TPSA) is 220 Å². The number of phenols is 6. The molecule has 250 valence electrons. The summed E-state index contributed by atoms with van der Waals surface area (Å²) >= 11 is 0. The molecule has 0 saturated carbocycles. The molecule has 4 aromatic rings. The maximum absolute atomic E-state index is 12.4. The summed E-state index contributed by atoms with van der Waals surface area (Å²) in [7, 11) is 0. The maximum atomic E-state index is 12.4. The molecule has 0 radical (unpaired) electrons.